The van der Waals surface area contributed by atoms with Crippen LogP contribution in [0.4, 0.5) is 10.1 Å². The zero-order valence-corrected chi connectivity index (χ0v) is 15.8. The Hall–Kier alpha value is -2.55. The summed E-state index contributed by atoms with van der Waals surface area (Å²) in [4.78, 5) is 16.8. The second kappa shape index (κ2) is 9.09. The second-order valence-corrected chi connectivity index (χ2v) is 6.75. The standard InChI is InChI=1S/C20H23FN2O5/c1-20(12-27-18(28-13-20)14-3-5-15(21)6-4-14)19(24)23-16-7-8-17(22-11-16)26-10-9-25-2/h3-8,11,18H,9-10,12-13H2,1-2H3,(H,23,24). The number of carbonyl (C=O) groups is 1. The number of carbonyl (C=O) groups excluding carboxylic acids is 1. The largest absolute Gasteiger partial charge is 0.475 e. The van der Waals surface area contributed by atoms with Crippen LogP contribution in [0.25, 0.3) is 0 Å². The predicted molar refractivity (Wildman–Crippen MR) is 99.4 cm³/mol. The zero-order valence-electron chi connectivity index (χ0n) is 15.8. The van der Waals surface area contributed by atoms with Gasteiger partial charge in [0.1, 0.15) is 12.4 Å². The molecule has 0 aliphatic carbocycles. The Labute approximate surface area is 162 Å². The quantitative estimate of drug-likeness (QED) is 0.733. The number of nitrogens with zero attached hydrogens (tertiary/aromatic N) is 1. The number of benzene rings is 1. The van der Waals surface area contributed by atoms with Crippen molar-refractivity contribution in [2.24, 2.45) is 5.41 Å². The molecule has 0 unspecified atom stereocenters. The van der Waals surface area contributed by atoms with Gasteiger partial charge >= 0.3 is 0 Å². The molecule has 1 aliphatic heterocycles. The number of aromatic nitrogens is 1. The van der Waals surface area contributed by atoms with Gasteiger partial charge in [0.25, 0.3) is 0 Å². The third kappa shape index (κ3) is 5.03. The SMILES string of the molecule is COCCOc1ccc(NC(=O)C2(C)COC(c3ccc(F)cc3)OC2)cn1. The lowest BCUT2D eigenvalue weighted by Gasteiger charge is -2.36. The minimum Gasteiger partial charge on any atom is -0.475 e. The van der Waals surface area contributed by atoms with Crippen LogP contribution in [-0.4, -0.2) is 44.4 Å². The first kappa shape index (κ1) is 20.2. The maximum absolute atomic E-state index is 13.0. The Balaban J connectivity index is 1.53. The lowest BCUT2D eigenvalue weighted by Crippen LogP contribution is -2.45. The molecule has 1 aliphatic rings. The summed E-state index contributed by atoms with van der Waals surface area (Å²) in [6.45, 7) is 2.98. The third-order valence-electron chi connectivity index (χ3n) is 4.33. The van der Waals surface area contributed by atoms with E-state index in [9.17, 15) is 9.18 Å². The van der Waals surface area contributed by atoms with Crippen LogP contribution < -0.4 is 10.1 Å². The molecule has 28 heavy (non-hydrogen) atoms. The molecule has 1 amide bonds. The number of ether oxygens (including phenoxy) is 4. The summed E-state index contributed by atoms with van der Waals surface area (Å²) in [7, 11) is 1.59. The number of halogens is 1. The van der Waals surface area contributed by atoms with E-state index in [1.54, 1.807) is 38.3 Å². The monoisotopic (exact) mass is 390 g/mol. The van der Waals surface area contributed by atoms with Crippen LogP contribution in [0.5, 0.6) is 5.88 Å². The summed E-state index contributed by atoms with van der Waals surface area (Å²) >= 11 is 0. The molecular formula is C20H23FN2O5. The van der Waals surface area contributed by atoms with Crippen LogP contribution in [0.15, 0.2) is 42.6 Å². The van der Waals surface area contributed by atoms with E-state index < -0.39 is 11.7 Å². The molecule has 1 aromatic heterocycles. The number of amides is 1. The van der Waals surface area contributed by atoms with Crippen molar-refractivity contribution >= 4 is 11.6 Å². The fourth-order valence-corrected chi connectivity index (χ4v) is 2.60. The van der Waals surface area contributed by atoms with Gasteiger partial charge in [0.2, 0.25) is 11.8 Å². The molecule has 1 saturated heterocycles. The first-order valence-electron chi connectivity index (χ1n) is 8.88. The van der Waals surface area contributed by atoms with Crippen molar-refractivity contribution in [3.63, 3.8) is 0 Å². The van der Waals surface area contributed by atoms with Crippen molar-refractivity contribution in [2.45, 2.75) is 13.2 Å². The highest BCUT2D eigenvalue weighted by molar-refractivity contribution is 5.95. The van der Waals surface area contributed by atoms with E-state index in [0.29, 0.717) is 30.3 Å². The predicted octanol–water partition coefficient (Wildman–Crippen LogP) is 2.94. The lowest BCUT2D eigenvalue weighted by molar-refractivity contribution is -0.226. The Morgan fingerprint density at radius 1 is 1.21 bits per heavy atom. The van der Waals surface area contributed by atoms with Crippen molar-refractivity contribution < 1.29 is 28.1 Å². The summed E-state index contributed by atoms with van der Waals surface area (Å²) in [6, 6.07) is 9.28. The van der Waals surface area contributed by atoms with Crippen LogP contribution in [0, 0.1) is 11.2 Å². The summed E-state index contributed by atoms with van der Waals surface area (Å²) in [5.74, 6) is -0.111. The Kier molecular flexibility index (Phi) is 6.56. The number of nitrogens with one attached hydrogen (secondary N) is 1. The van der Waals surface area contributed by atoms with Crippen LogP contribution in [0.1, 0.15) is 18.8 Å². The Morgan fingerprint density at radius 2 is 1.93 bits per heavy atom. The molecule has 0 atom stereocenters. The van der Waals surface area contributed by atoms with E-state index in [2.05, 4.69) is 10.3 Å². The van der Waals surface area contributed by atoms with E-state index in [4.69, 9.17) is 18.9 Å². The number of hydrogen-bond donors (Lipinski definition) is 1. The van der Waals surface area contributed by atoms with Crippen molar-refractivity contribution in [3.05, 3.63) is 54.0 Å². The highest BCUT2D eigenvalue weighted by atomic mass is 19.1. The highest BCUT2D eigenvalue weighted by Gasteiger charge is 2.40. The molecule has 2 aromatic rings. The summed E-state index contributed by atoms with van der Waals surface area (Å²) in [6.07, 6.45) is 0.904. The first-order chi connectivity index (χ1) is 13.5. The van der Waals surface area contributed by atoms with E-state index in [-0.39, 0.29) is 24.9 Å². The van der Waals surface area contributed by atoms with Gasteiger partial charge in [0, 0.05) is 18.7 Å². The lowest BCUT2D eigenvalue weighted by atomic mass is 9.90. The van der Waals surface area contributed by atoms with Crippen LogP contribution in [0.3, 0.4) is 0 Å². The molecule has 7 nitrogen and oxygen atoms in total. The van der Waals surface area contributed by atoms with Gasteiger partial charge in [-0.3, -0.25) is 4.79 Å². The van der Waals surface area contributed by atoms with Gasteiger partial charge < -0.3 is 24.3 Å². The summed E-state index contributed by atoms with van der Waals surface area (Å²) in [5.41, 5.74) is 0.396. The van der Waals surface area contributed by atoms with E-state index >= 15 is 0 Å². The first-order valence-corrected chi connectivity index (χ1v) is 8.88. The third-order valence-corrected chi connectivity index (χ3v) is 4.33. The van der Waals surface area contributed by atoms with E-state index in [0.717, 1.165) is 0 Å². The summed E-state index contributed by atoms with van der Waals surface area (Å²) in [5, 5.41) is 2.82. The molecule has 0 spiro atoms. The molecule has 8 heteroatoms. The molecule has 2 heterocycles. The second-order valence-electron chi connectivity index (χ2n) is 6.75. The maximum atomic E-state index is 13.0. The van der Waals surface area contributed by atoms with Crippen molar-refractivity contribution in [3.8, 4) is 5.88 Å². The van der Waals surface area contributed by atoms with Gasteiger partial charge in [-0.15, -0.1) is 0 Å². The number of rotatable bonds is 7. The van der Waals surface area contributed by atoms with E-state index in [1.165, 1.54) is 18.3 Å². The molecule has 0 saturated carbocycles. The van der Waals surface area contributed by atoms with Crippen molar-refractivity contribution in [2.75, 3.05) is 38.9 Å². The van der Waals surface area contributed by atoms with Gasteiger partial charge in [-0.05, 0) is 25.1 Å². The topological polar surface area (TPSA) is 78.9 Å². The fourth-order valence-electron chi connectivity index (χ4n) is 2.60. The molecule has 1 aromatic carbocycles. The van der Waals surface area contributed by atoms with Gasteiger partial charge in [0.05, 0.1) is 37.1 Å². The fraction of sp³-hybridized carbons (Fsp3) is 0.400. The zero-order chi connectivity index (χ0) is 20.0. The maximum Gasteiger partial charge on any atom is 0.235 e. The minimum atomic E-state index is -0.857. The van der Waals surface area contributed by atoms with Crippen LogP contribution in [0.2, 0.25) is 0 Å². The molecular weight excluding hydrogens is 367 g/mol. The van der Waals surface area contributed by atoms with Crippen LogP contribution >= 0.6 is 0 Å². The minimum absolute atomic E-state index is 0.173. The number of pyridine rings is 1. The van der Waals surface area contributed by atoms with Gasteiger partial charge in [-0.2, -0.15) is 0 Å². The van der Waals surface area contributed by atoms with Crippen molar-refractivity contribution in [1.29, 1.82) is 0 Å². The number of anilines is 1. The van der Waals surface area contributed by atoms with Crippen LogP contribution in [-0.2, 0) is 19.0 Å². The molecule has 1 fully saturated rings. The average Bonchev–Trinajstić information content (AvgIpc) is 2.71. The Bertz CT molecular complexity index is 774. The van der Waals surface area contributed by atoms with E-state index in [1.807, 2.05) is 0 Å². The highest BCUT2D eigenvalue weighted by Crippen LogP contribution is 2.32. The number of methoxy groups -OCH3 is 1. The van der Waals surface area contributed by atoms with Gasteiger partial charge in [0.15, 0.2) is 6.29 Å². The average molecular weight is 390 g/mol. The molecule has 1 N–H and O–H groups in total. The van der Waals surface area contributed by atoms with Gasteiger partial charge in [-0.25, -0.2) is 9.37 Å². The smallest absolute Gasteiger partial charge is 0.235 e. The van der Waals surface area contributed by atoms with Crippen molar-refractivity contribution in [1.82, 2.24) is 4.98 Å². The van der Waals surface area contributed by atoms with Gasteiger partial charge in [-0.1, -0.05) is 12.1 Å². The molecule has 0 bridgehead atoms. The molecule has 150 valence electrons. The summed E-state index contributed by atoms with van der Waals surface area (Å²) < 4.78 is 34.7. The Morgan fingerprint density at radius 3 is 2.54 bits per heavy atom. The normalized spacial score (nSPS) is 21.9. The molecule has 3 rings (SSSR count). The molecule has 0 radical (unpaired) electrons. The number of hydrogen-bond acceptors (Lipinski definition) is 6.